The number of pyridine rings is 1. The Bertz CT molecular complexity index is 1090. The van der Waals surface area contributed by atoms with Crippen LogP contribution >= 0.6 is 0 Å². The Morgan fingerprint density at radius 1 is 0.905 bits per heavy atom. The minimum Gasteiger partial charge on any atom is -0.350 e. The molecule has 0 fully saturated rings. The number of aromatic amines is 2. The second-order valence-electron chi connectivity index (χ2n) is 5.56. The van der Waals surface area contributed by atoms with Gasteiger partial charge in [-0.25, -0.2) is 0 Å². The van der Waals surface area contributed by atoms with E-state index in [4.69, 9.17) is 0 Å². The summed E-state index contributed by atoms with van der Waals surface area (Å²) in [6.45, 7) is 0. The first kappa shape index (κ1) is 10.9. The molecule has 100 valence electrons. The Balaban J connectivity index is 2.08. The van der Waals surface area contributed by atoms with Gasteiger partial charge in [-0.2, -0.15) is 0 Å². The molecule has 0 amide bonds. The van der Waals surface area contributed by atoms with Gasteiger partial charge >= 0.3 is 0 Å². The van der Waals surface area contributed by atoms with Crippen molar-refractivity contribution in [2.24, 2.45) is 0 Å². The van der Waals surface area contributed by atoms with Crippen LogP contribution in [-0.4, -0.2) is 9.97 Å². The van der Waals surface area contributed by atoms with E-state index in [1.165, 1.54) is 16.7 Å². The van der Waals surface area contributed by atoms with Crippen LogP contribution in [0.25, 0.3) is 32.9 Å². The zero-order valence-electron chi connectivity index (χ0n) is 11.2. The van der Waals surface area contributed by atoms with Crippen molar-refractivity contribution in [2.75, 3.05) is 0 Å². The van der Waals surface area contributed by atoms with Gasteiger partial charge in [0.15, 0.2) is 0 Å². The van der Waals surface area contributed by atoms with Crippen molar-refractivity contribution >= 4 is 21.8 Å². The molecule has 5 rings (SSSR count). The van der Waals surface area contributed by atoms with E-state index in [1.54, 1.807) is 0 Å². The third-order valence-corrected chi connectivity index (χ3v) is 4.40. The minimum atomic E-state index is -0.0345. The summed E-state index contributed by atoms with van der Waals surface area (Å²) >= 11 is 0. The predicted octanol–water partition coefficient (Wildman–Crippen LogP) is 3.58. The highest BCUT2D eigenvalue weighted by molar-refractivity contribution is 6.15. The van der Waals surface area contributed by atoms with Crippen LogP contribution in [0.3, 0.4) is 0 Å². The van der Waals surface area contributed by atoms with E-state index in [1.807, 2.05) is 18.2 Å². The fourth-order valence-electron chi connectivity index (χ4n) is 3.52. The predicted molar refractivity (Wildman–Crippen MR) is 84.7 cm³/mol. The highest BCUT2D eigenvalue weighted by Gasteiger charge is 2.24. The topological polar surface area (TPSA) is 48.6 Å². The van der Waals surface area contributed by atoms with Gasteiger partial charge in [0.05, 0.1) is 0 Å². The van der Waals surface area contributed by atoms with Crippen molar-refractivity contribution in [3.05, 3.63) is 70.1 Å². The summed E-state index contributed by atoms with van der Waals surface area (Å²) in [6.07, 6.45) is 0.802. The fourth-order valence-corrected chi connectivity index (χ4v) is 3.52. The van der Waals surface area contributed by atoms with Gasteiger partial charge in [0.1, 0.15) is 5.52 Å². The van der Waals surface area contributed by atoms with E-state index in [2.05, 4.69) is 40.3 Å². The van der Waals surface area contributed by atoms with E-state index in [0.29, 0.717) is 5.52 Å². The highest BCUT2D eigenvalue weighted by atomic mass is 16.1. The largest absolute Gasteiger partial charge is 0.350 e. The number of rotatable bonds is 0. The monoisotopic (exact) mass is 272 g/mol. The molecule has 2 aromatic carbocycles. The van der Waals surface area contributed by atoms with Gasteiger partial charge < -0.3 is 9.97 Å². The molecule has 0 atom stereocenters. The zero-order valence-corrected chi connectivity index (χ0v) is 11.2. The lowest BCUT2D eigenvalue weighted by atomic mass is 10.0. The summed E-state index contributed by atoms with van der Waals surface area (Å²) in [6, 6.07) is 16.5. The quantitative estimate of drug-likeness (QED) is 0.445. The van der Waals surface area contributed by atoms with Crippen molar-refractivity contribution in [1.29, 1.82) is 0 Å². The van der Waals surface area contributed by atoms with Crippen molar-refractivity contribution in [2.45, 2.75) is 6.42 Å². The summed E-state index contributed by atoms with van der Waals surface area (Å²) in [5.74, 6) is 0. The third-order valence-electron chi connectivity index (χ3n) is 4.40. The number of aromatic nitrogens is 2. The van der Waals surface area contributed by atoms with Gasteiger partial charge in [-0.1, -0.05) is 42.5 Å². The summed E-state index contributed by atoms with van der Waals surface area (Å²) in [5, 5.41) is 2.17. The molecule has 2 N–H and O–H groups in total. The molecule has 2 aromatic heterocycles. The first-order valence-corrected chi connectivity index (χ1v) is 7.07. The van der Waals surface area contributed by atoms with Gasteiger partial charge in [-0.05, 0) is 17.2 Å². The Kier molecular flexibility index (Phi) is 1.89. The molecule has 0 bridgehead atoms. The zero-order chi connectivity index (χ0) is 14.0. The standard InChI is InChI=1S/C18H12N2O/c21-18-17-16(12-7-3-4-8-13(12)19-17)15-11-6-2-1-5-10(11)9-14(15)20-18/h1-8,19H,9H2,(H,20,21). The lowest BCUT2D eigenvalue weighted by Gasteiger charge is -2.03. The smallest absolute Gasteiger partial charge is 0.272 e. The lowest BCUT2D eigenvalue weighted by Crippen LogP contribution is -2.09. The molecule has 1 aliphatic carbocycles. The minimum absolute atomic E-state index is 0.0345. The van der Waals surface area contributed by atoms with Gasteiger partial charge in [0.25, 0.3) is 5.56 Å². The summed E-state index contributed by atoms with van der Waals surface area (Å²) in [5.41, 5.74) is 6.37. The van der Waals surface area contributed by atoms with Gasteiger partial charge in [0.2, 0.25) is 0 Å². The average molecular weight is 272 g/mol. The van der Waals surface area contributed by atoms with Gasteiger partial charge in [-0.3, -0.25) is 4.79 Å². The van der Waals surface area contributed by atoms with Crippen molar-refractivity contribution in [3.8, 4) is 11.1 Å². The van der Waals surface area contributed by atoms with E-state index >= 15 is 0 Å². The number of para-hydroxylation sites is 1. The van der Waals surface area contributed by atoms with Crippen LogP contribution in [0.1, 0.15) is 11.3 Å². The molecule has 21 heavy (non-hydrogen) atoms. The Morgan fingerprint density at radius 2 is 1.71 bits per heavy atom. The molecule has 0 aliphatic heterocycles. The Labute approximate surface area is 120 Å². The van der Waals surface area contributed by atoms with Gasteiger partial charge in [-0.15, -0.1) is 0 Å². The molecule has 0 saturated heterocycles. The van der Waals surface area contributed by atoms with E-state index in [0.717, 1.165) is 28.4 Å². The number of H-pyrrole nitrogens is 2. The molecule has 3 nitrogen and oxygen atoms in total. The van der Waals surface area contributed by atoms with Gasteiger partial charge in [0, 0.05) is 34.0 Å². The van der Waals surface area contributed by atoms with Crippen LogP contribution in [0.2, 0.25) is 0 Å². The van der Waals surface area contributed by atoms with E-state index < -0.39 is 0 Å². The normalized spacial score (nSPS) is 12.8. The van der Waals surface area contributed by atoms with Crippen molar-refractivity contribution in [1.82, 2.24) is 9.97 Å². The summed E-state index contributed by atoms with van der Waals surface area (Å²) < 4.78 is 0. The fraction of sp³-hybridized carbons (Fsp3) is 0.0556. The summed E-state index contributed by atoms with van der Waals surface area (Å²) in [7, 11) is 0. The molecular formula is C18H12N2O. The second kappa shape index (κ2) is 3.64. The SMILES string of the molecule is O=c1[nH]c2c(c3c1[nH]c1ccccc13)-c1ccccc1C2. The molecular weight excluding hydrogens is 260 g/mol. The molecule has 3 heteroatoms. The second-order valence-corrected chi connectivity index (χ2v) is 5.56. The maximum absolute atomic E-state index is 12.4. The van der Waals surface area contributed by atoms with Crippen LogP contribution in [-0.2, 0) is 6.42 Å². The molecule has 2 heterocycles. The number of fused-ring (bicyclic) bond motifs is 7. The molecule has 0 saturated carbocycles. The third kappa shape index (κ3) is 1.30. The molecule has 0 radical (unpaired) electrons. The highest BCUT2D eigenvalue weighted by Crippen LogP contribution is 2.41. The van der Waals surface area contributed by atoms with Crippen LogP contribution in [0.4, 0.5) is 0 Å². The Morgan fingerprint density at radius 3 is 2.67 bits per heavy atom. The maximum atomic E-state index is 12.4. The Hall–Kier alpha value is -2.81. The summed E-state index contributed by atoms with van der Waals surface area (Å²) in [4.78, 5) is 18.7. The average Bonchev–Trinajstić information content (AvgIpc) is 3.05. The lowest BCUT2D eigenvalue weighted by molar-refractivity contribution is 1.10. The van der Waals surface area contributed by atoms with E-state index in [-0.39, 0.29) is 5.56 Å². The molecule has 4 aromatic rings. The number of hydrogen-bond acceptors (Lipinski definition) is 1. The number of hydrogen-bond donors (Lipinski definition) is 2. The first-order chi connectivity index (χ1) is 10.3. The number of nitrogens with one attached hydrogen (secondary N) is 2. The number of benzene rings is 2. The van der Waals surface area contributed by atoms with Crippen LogP contribution in [0.5, 0.6) is 0 Å². The van der Waals surface area contributed by atoms with Crippen LogP contribution < -0.4 is 5.56 Å². The molecule has 1 aliphatic rings. The maximum Gasteiger partial charge on any atom is 0.272 e. The molecule has 0 unspecified atom stereocenters. The van der Waals surface area contributed by atoms with Crippen LogP contribution in [0.15, 0.2) is 53.3 Å². The van der Waals surface area contributed by atoms with Crippen molar-refractivity contribution < 1.29 is 0 Å². The molecule has 0 spiro atoms. The first-order valence-electron chi connectivity index (χ1n) is 7.07. The van der Waals surface area contributed by atoms with Crippen LogP contribution in [0, 0.1) is 0 Å². The van der Waals surface area contributed by atoms with E-state index in [9.17, 15) is 4.79 Å². The van der Waals surface area contributed by atoms with Crippen molar-refractivity contribution in [3.63, 3.8) is 0 Å².